The number of pyridine rings is 1. The third-order valence-corrected chi connectivity index (χ3v) is 5.26. The Kier molecular flexibility index (Phi) is 10.7. The third kappa shape index (κ3) is 8.66. The fraction of sp³-hybridized carbons (Fsp3) is 0.520. The summed E-state index contributed by atoms with van der Waals surface area (Å²) < 4.78 is 6.12. The molecule has 33 heavy (non-hydrogen) atoms. The van der Waals surface area contributed by atoms with Crippen molar-refractivity contribution in [1.29, 1.82) is 0 Å². The molecule has 1 saturated heterocycles. The lowest BCUT2D eigenvalue weighted by molar-refractivity contribution is 0.129. The van der Waals surface area contributed by atoms with Crippen molar-refractivity contribution in [3.8, 4) is 5.75 Å². The highest BCUT2D eigenvalue weighted by atomic mass is 127. The molecule has 1 fully saturated rings. The van der Waals surface area contributed by atoms with E-state index in [-0.39, 0.29) is 29.6 Å². The van der Waals surface area contributed by atoms with Crippen LogP contribution >= 0.6 is 24.0 Å². The van der Waals surface area contributed by atoms with Gasteiger partial charge >= 0.3 is 0 Å². The number of nitrogens with one attached hydrogen (secondary N) is 2. The summed E-state index contributed by atoms with van der Waals surface area (Å²) in [6, 6.07) is 12.2. The predicted molar refractivity (Wildman–Crippen MR) is 148 cm³/mol. The molecule has 1 aliphatic heterocycles. The van der Waals surface area contributed by atoms with Gasteiger partial charge in [-0.05, 0) is 46.9 Å². The van der Waals surface area contributed by atoms with E-state index in [4.69, 9.17) is 9.73 Å². The average molecular weight is 567 g/mol. The number of hydrogen-bond donors (Lipinski definition) is 2. The zero-order chi connectivity index (χ0) is 23.0. The van der Waals surface area contributed by atoms with Crippen LogP contribution in [-0.4, -0.2) is 61.2 Å². The first-order valence-corrected chi connectivity index (χ1v) is 11.5. The Balaban J connectivity index is 0.00000385. The first kappa shape index (κ1) is 27.2. The number of ether oxygens (including phenoxy) is 1. The molecule has 1 aromatic heterocycles. The molecule has 182 valence electrons. The minimum Gasteiger partial charge on any atom is -0.488 e. The lowest BCUT2D eigenvalue weighted by Crippen LogP contribution is -2.45. The summed E-state index contributed by atoms with van der Waals surface area (Å²) in [7, 11) is 2.17. The molecule has 0 spiro atoms. The fourth-order valence-electron chi connectivity index (χ4n) is 3.62. The van der Waals surface area contributed by atoms with Gasteiger partial charge in [0.15, 0.2) is 5.96 Å². The molecule has 0 unspecified atom stereocenters. The largest absolute Gasteiger partial charge is 0.488 e. The third-order valence-electron chi connectivity index (χ3n) is 5.26. The van der Waals surface area contributed by atoms with Gasteiger partial charge in [0.2, 0.25) is 0 Å². The van der Waals surface area contributed by atoms with Crippen LogP contribution in [0.15, 0.2) is 47.6 Å². The Morgan fingerprint density at radius 2 is 1.73 bits per heavy atom. The Morgan fingerprint density at radius 3 is 2.42 bits per heavy atom. The van der Waals surface area contributed by atoms with Crippen LogP contribution in [0.4, 0.5) is 5.82 Å². The number of benzene rings is 1. The maximum absolute atomic E-state index is 6.12. The second-order valence-electron chi connectivity index (χ2n) is 9.15. The van der Waals surface area contributed by atoms with Crippen molar-refractivity contribution < 1.29 is 4.74 Å². The molecule has 7 nitrogen and oxygen atoms in total. The van der Waals surface area contributed by atoms with Gasteiger partial charge in [0.05, 0.1) is 6.54 Å². The van der Waals surface area contributed by atoms with Crippen molar-refractivity contribution in [3.63, 3.8) is 0 Å². The van der Waals surface area contributed by atoms with Gasteiger partial charge in [-0.3, -0.25) is 0 Å². The van der Waals surface area contributed by atoms with Gasteiger partial charge in [0.1, 0.15) is 17.2 Å². The van der Waals surface area contributed by atoms with Crippen LogP contribution < -0.4 is 20.3 Å². The smallest absolute Gasteiger partial charge is 0.191 e. The average Bonchev–Trinajstić information content (AvgIpc) is 2.76. The highest BCUT2D eigenvalue weighted by Crippen LogP contribution is 2.24. The van der Waals surface area contributed by atoms with Gasteiger partial charge in [-0.2, -0.15) is 0 Å². The van der Waals surface area contributed by atoms with Gasteiger partial charge < -0.3 is 25.2 Å². The van der Waals surface area contributed by atoms with Crippen LogP contribution in [0.3, 0.4) is 0 Å². The lowest BCUT2D eigenvalue weighted by atomic mass is 10.1. The number of hydrogen-bond acceptors (Lipinski definition) is 5. The van der Waals surface area contributed by atoms with Crippen LogP contribution in [0, 0.1) is 0 Å². The van der Waals surface area contributed by atoms with Crippen LogP contribution in [-0.2, 0) is 13.1 Å². The molecule has 0 radical (unpaired) electrons. The maximum Gasteiger partial charge on any atom is 0.191 e. The first-order valence-electron chi connectivity index (χ1n) is 11.5. The number of guanidine groups is 1. The summed E-state index contributed by atoms with van der Waals surface area (Å²) in [6.45, 7) is 14.4. The minimum atomic E-state index is -0.247. The molecule has 2 N–H and O–H groups in total. The molecular weight excluding hydrogens is 527 g/mol. The number of likely N-dealkylation sites (N-methyl/N-ethyl adjacent to an activating group) is 1. The molecule has 0 aliphatic carbocycles. The van der Waals surface area contributed by atoms with Crippen molar-refractivity contribution >= 4 is 35.8 Å². The molecule has 0 atom stereocenters. The van der Waals surface area contributed by atoms with Gasteiger partial charge in [-0.15, -0.1) is 24.0 Å². The van der Waals surface area contributed by atoms with E-state index in [0.29, 0.717) is 13.1 Å². The van der Waals surface area contributed by atoms with Crippen molar-refractivity contribution in [2.24, 2.45) is 4.99 Å². The van der Waals surface area contributed by atoms with Crippen LogP contribution in [0.25, 0.3) is 0 Å². The number of rotatable bonds is 7. The molecular formula is C25H39IN6O. The lowest BCUT2D eigenvalue weighted by Gasteiger charge is -2.34. The van der Waals surface area contributed by atoms with E-state index in [2.05, 4.69) is 72.3 Å². The Hall–Kier alpha value is -2.07. The Labute approximate surface area is 216 Å². The summed E-state index contributed by atoms with van der Waals surface area (Å²) in [6.07, 6.45) is 1.88. The summed E-state index contributed by atoms with van der Waals surface area (Å²) in [5, 5.41) is 6.84. The van der Waals surface area contributed by atoms with E-state index < -0.39 is 0 Å². The molecule has 1 aromatic carbocycles. The normalized spacial score (nSPS) is 15.1. The van der Waals surface area contributed by atoms with E-state index in [1.807, 2.05) is 30.5 Å². The SMILES string of the molecule is CCNC(=NCc1ccccc1OC(C)(C)C)NCc1cccnc1N1CCN(C)CC1.I. The second kappa shape index (κ2) is 13.0. The zero-order valence-electron chi connectivity index (χ0n) is 20.6. The predicted octanol–water partition coefficient (Wildman–Crippen LogP) is 3.88. The van der Waals surface area contributed by atoms with E-state index in [0.717, 1.165) is 55.8 Å². The highest BCUT2D eigenvalue weighted by Gasteiger charge is 2.18. The van der Waals surface area contributed by atoms with Crippen LogP contribution in [0.2, 0.25) is 0 Å². The fourth-order valence-corrected chi connectivity index (χ4v) is 3.62. The molecule has 0 bridgehead atoms. The summed E-state index contributed by atoms with van der Waals surface area (Å²) in [5.41, 5.74) is 2.00. The zero-order valence-corrected chi connectivity index (χ0v) is 22.9. The maximum atomic E-state index is 6.12. The molecule has 3 rings (SSSR count). The van der Waals surface area contributed by atoms with Crippen molar-refractivity contribution in [2.75, 3.05) is 44.7 Å². The molecule has 1 aliphatic rings. The molecule has 8 heteroatoms. The summed E-state index contributed by atoms with van der Waals surface area (Å²) >= 11 is 0. The summed E-state index contributed by atoms with van der Waals surface area (Å²) in [5.74, 6) is 2.73. The van der Waals surface area contributed by atoms with E-state index in [9.17, 15) is 0 Å². The number of aromatic nitrogens is 1. The standard InChI is InChI=1S/C25H38N6O.HI/c1-6-26-24(28-18-20-10-7-8-12-22(20)32-25(2,3)4)29-19-21-11-9-13-27-23(21)31-16-14-30(5)15-17-31;/h7-13H,6,14-19H2,1-5H3,(H2,26,28,29);1H. The first-order chi connectivity index (χ1) is 15.4. The van der Waals surface area contributed by atoms with Gasteiger partial charge in [0.25, 0.3) is 0 Å². The van der Waals surface area contributed by atoms with Crippen molar-refractivity contribution in [2.45, 2.75) is 46.4 Å². The molecule has 0 saturated carbocycles. The Bertz CT molecular complexity index is 890. The number of aliphatic imine (C=N–C) groups is 1. The minimum absolute atomic E-state index is 0. The van der Waals surface area contributed by atoms with E-state index in [1.54, 1.807) is 0 Å². The summed E-state index contributed by atoms with van der Waals surface area (Å²) in [4.78, 5) is 14.2. The topological polar surface area (TPSA) is 65.0 Å². The number of para-hydroxylation sites is 1. The highest BCUT2D eigenvalue weighted by molar-refractivity contribution is 14.0. The quantitative estimate of drug-likeness (QED) is 0.302. The monoisotopic (exact) mass is 566 g/mol. The number of halogens is 1. The molecule has 0 amide bonds. The number of piperazine rings is 1. The molecule has 2 aromatic rings. The van der Waals surface area contributed by atoms with Crippen LogP contribution in [0.1, 0.15) is 38.8 Å². The van der Waals surface area contributed by atoms with Crippen molar-refractivity contribution in [1.82, 2.24) is 20.5 Å². The van der Waals surface area contributed by atoms with Gasteiger partial charge in [-0.1, -0.05) is 24.3 Å². The Morgan fingerprint density at radius 1 is 1.03 bits per heavy atom. The number of nitrogens with zero attached hydrogens (tertiary/aromatic N) is 4. The van der Waals surface area contributed by atoms with Crippen molar-refractivity contribution in [3.05, 3.63) is 53.7 Å². The van der Waals surface area contributed by atoms with Crippen LogP contribution in [0.5, 0.6) is 5.75 Å². The van der Waals surface area contributed by atoms with Gasteiger partial charge in [-0.25, -0.2) is 9.98 Å². The van der Waals surface area contributed by atoms with E-state index >= 15 is 0 Å². The molecule has 2 heterocycles. The van der Waals surface area contributed by atoms with E-state index in [1.165, 1.54) is 5.56 Å². The second-order valence-corrected chi connectivity index (χ2v) is 9.15. The number of anilines is 1. The van der Waals surface area contributed by atoms with Gasteiger partial charge in [0, 0.05) is 56.6 Å².